The van der Waals surface area contributed by atoms with Crippen molar-refractivity contribution in [2.75, 3.05) is 13.3 Å². The highest BCUT2D eigenvalue weighted by Gasteiger charge is 2.26. The molecule has 3 N–H and O–H groups in total. The SMILES string of the molecule is CC(C)C(CNC(C)(C)c1ccc2c(c1)OCO2)c1ccc(O)c(O)c1. The molecule has 1 heterocycles. The molecule has 0 radical (unpaired) electrons. The zero-order chi connectivity index (χ0) is 18.9. The molecule has 0 aromatic heterocycles. The van der Waals surface area contributed by atoms with Gasteiger partial charge in [-0.15, -0.1) is 0 Å². The molecule has 5 heteroatoms. The third-order valence-corrected chi connectivity index (χ3v) is 5.09. The van der Waals surface area contributed by atoms with Gasteiger partial charge in [-0.25, -0.2) is 0 Å². The minimum Gasteiger partial charge on any atom is -0.504 e. The van der Waals surface area contributed by atoms with Crippen LogP contribution in [-0.4, -0.2) is 23.6 Å². The van der Waals surface area contributed by atoms with Gasteiger partial charge in [-0.3, -0.25) is 0 Å². The summed E-state index contributed by atoms with van der Waals surface area (Å²) >= 11 is 0. The molecule has 1 aliphatic heterocycles. The van der Waals surface area contributed by atoms with Gasteiger partial charge in [-0.1, -0.05) is 26.0 Å². The Balaban J connectivity index is 1.76. The summed E-state index contributed by atoms with van der Waals surface area (Å²) < 4.78 is 10.9. The van der Waals surface area contributed by atoms with Crippen molar-refractivity contribution in [3.05, 3.63) is 47.5 Å². The summed E-state index contributed by atoms with van der Waals surface area (Å²) in [4.78, 5) is 0. The molecule has 3 rings (SSSR count). The van der Waals surface area contributed by atoms with Gasteiger partial charge >= 0.3 is 0 Å². The number of hydrogen-bond acceptors (Lipinski definition) is 5. The molecule has 0 fully saturated rings. The molecule has 1 atom stereocenters. The van der Waals surface area contributed by atoms with Crippen molar-refractivity contribution >= 4 is 0 Å². The standard InChI is InChI=1S/C21H27NO4/c1-13(2)16(14-5-7-17(23)18(24)9-14)11-22-21(3,4)15-6-8-19-20(10-15)26-12-25-19/h5-10,13,16,22-24H,11-12H2,1-4H3. The van der Waals surface area contributed by atoms with Crippen molar-refractivity contribution in [1.82, 2.24) is 5.32 Å². The molecule has 2 aromatic carbocycles. The number of rotatable bonds is 6. The Morgan fingerprint density at radius 1 is 1.00 bits per heavy atom. The quantitative estimate of drug-likeness (QED) is 0.679. The average Bonchev–Trinajstić information content (AvgIpc) is 3.05. The first-order valence-electron chi connectivity index (χ1n) is 8.95. The number of nitrogens with one attached hydrogen (secondary N) is 1. The number of ether oxygens (including phenoxy) is 2. The third-order valence-electron chi connectivity index (χ3n) is 5.09. The smallest absolute Gasteiger partial charge is 0.231 e. The molecular formula is C21H27NO4. The lowest BCUT2D eigenvalue weighted by Crippen LogP contribution is -2.40. The van der Waals surface area contributed by atoms with E-state index >= 15 is 0 Å². The van der Waals surface area contributed by atoms with Crippen LogP contribution in [0.2, 0.25) is 0 Å². The first-order valence-corrected chi connectivity index (χ1v) is 8.95. The minimum atomic E-state index is -0.257. The molecule has 1 aliphatic rings. The zero-order valence-electron chi connectivity index (χ0n) is 15.7. The number of fused-ring (bicyclic) bond motifs is 1. The molecule has 0 amide bonds. The van der Waals surface area contributed by atoms with Crippen molar-refractivity contribution < 1.29 is 19.7 Å². The number of benzene rings is 2. The summed E-state index contributed by atoms with van der Waals surface area (Å²) in [7, 11) is 0. The molecule has 1 unspecified atom stereocenters. The van der Waals surface area contributed by atoms with E-state index in [1.165, 1.54) is 0 Å². The van der Waals surface area contributed by atoms with Crippen LogP contribution in [0.4, 0.5) is 0 Å². The molecular weight excluding hydrogens is 330 g/mol. The minimum absolute atomic E-state index is 0.0804. The van der Waals surface area contributed by atoms with Gasteiger partial charge in [-0.2, -0.15) is 0 Å². The first kappa shape index (κ1) is 18.4. The van der Waals surface area contributed by atoms with Crippen LogP contribution in [0, 0.1) is 5.92 Å². The maximum Gasteiger partial charge on any atom is 0.231 e. The first-order chi connectivity index (χ1) is 12.3. The van der Waals surface area contributed by atoms with Crippen molar-refractivity contribution in [2.24, 2.45) is 5.92 Å². The molecule has 0 aliphatic carbocycles. The summed E-state index contributed by atoms with van der Waals surface area (Å²) in [6.07, 6.45) is 0. The van der Waals surface area contributed by atoms with E-state index in [4.69, 9.17) is 9.47 Å². The highest BCUT2D eigenvalue weighted by atomic mass is 16.7. The largest absolute Gasteiger partial charge is 0.504 e. The Hall–Kier alpha value is -2.40. The number of aromatic hydroxyl groups is 2. The van der Waals surface area contributed by atoms with Crippen molar-refractivity contribution in [3.8, 4) is 23.0 Å². The second-order valence-corrected chi connectivity index (χ2v) is 7.67. The Morgan fingerprint density at radius 2 is 1.73 bits per heavy atom. The van der Waals surface area contributed by atoms with Crippen LogP contribution < -0.4 is 14.8 Å². The van der Waals surface area contributed by atoms with Crippen LogP contribution in [0.1, 0.15) is 44.7 Å². The molecule has 0 bridgehead atoms. The normalized spacial score (nSPS) is 14.7. The predicted molar refractivity (Wildman–Crippen MR) is 101 cm³/mol. The summed E-state index contributed by atoms with van der Waals surface area (Å²) in [6, 6.07) is 11.1. The number of hydrogen-bond donors (Lipinski definition) is 3. The van der Waals surface area contributed by atoms with E-state index < -0.39 is 0 Å². The second kappa shape index (κ2) is 7.08. The van der Waals surface area contributed by atoms with Crippen molar-refractivity contribution in [2.45, 2.75) is 39.2 Å². The fourth-order valence-electron chi connectivity index (χ4n) is 3.26. The molecule has 26 heavy (non-hydrogen) atoms. The number of phenols is 2. The van der Waals surface area contributed by atoms with Gasteiger partial charge in [0.2, 0.25) is 6.79 Å². The van der Waals surface area contributed by atoms with Crippen LogP contribution in [0.15, 0.2) is 36.4 Å². The topological polar surface area (TPSA) is 71.0 Å². The van der Waals surface area contributed by atoms with E-state index in [-0.39, 0.29) is 29.7 Å². The van der Waals surface area contributed by atoms with Crippen LogP contribution in [-0.2, 0) is 5.54 Å². The van der Waals surface area contributed by atoms with Gasteiger partial charge < -0.3 is 25.0 Å². The molecule has 2 aromatic rings. The summed E-state index contributed by atoms with van der Waals surface area (Å²) in [5.74, 6) is 1.97. The fraction of sp³-hybridized carbons (Fsp3) is 0.429. The van der Waals surface area contributed by atoms with E-state index in [0.717, 1.165) is 29.2 Å². The lowest BCUT2D eigenvalue weighted by molar-refractivity contribution is 0.174. The fourth-order valence-corrected chi connectivity index (χ4v) is 3.26. The van der Waals surface area contributed by atoms with E-state index in [1.54, 1.807) is 12.1 Å². The van der Waals surface area contributed by atoms with Gasteiger partial charge in [0.1, 0.15) is 0 Å². The highest BCUT2D eigenvalue weighted by molar-refractivity contribution is 5.46. The van der Waals surface area contributed by atoms with E-state index in [1.807, 2.05) is 18.2 Å². The van der Waals surface area contributed by atoms with Crippen LogP contribution in [0.5, 0.6) is 23.0 Å². The van der Waals surface area contributed by atoms with E-state index in [0.29, 0.717) is 5.92 Å². The molecule has 140 valence electrons. The Labute approximate surface area is 154 Å². The monoisotopic (exact) mass is 357 g/mol. The summed E-state index contributed by atoms with van der Waals surface area (Å²) in [6.45, 7) is 9.59. The van der Waals surface area contributed by atoms with Gasteiger partial charge in [0.25, 0.3) is 0 Å². The lowest BCUT2D eigenvalue weighted by atomic mass is 9.86. The number of phenolic OH excluding ortho intramolecular Hbond substituents is 2. The van der Waals surface area contributed by atoms with Gasteiger partial charge in [0.05, 0.1) is 0 Å². The van der Waals surface area contributed by atoms with Crippen LogP contribution in [0.25, 0.3) is 0 Å². The Kier molecular flexibility index (Phi) is 5.01. The van der Waals surface area contributed by atoms with Crippen LogP contribution in [0.3, 0.4) is 0 Å². The average molecular weight is 357 g/mol. The van der Waals surface area contributed by atoms with Crippen molar-refractivity contribution in [3.63, 3.8) is 0 Å². The van der Waals surface area contributed by atoms with Gasteiger partial charge in [0.15, 0.2) is 23.0 Å². The lowest BCUT2D eigenvalue weighted by Gasteiger charge is -2.31. The second-order valence-electron chi connectivity index (χ2n) is 7.67. The summed E-state index contributed by atoms with van der Waals surface area (Å²) in [5.41, 5.74) is 1.87. The maximum atomic E-state index is 9.83. The molecule has 0 saturated heterocycles. The molecule has 0 spiro atoms. The van der Waals surface area contributed by atoms with Gasteiger partial charge in [-0.05, 0) is 61.1 Å². The predicted octanol–water partition coefficient (Wildman–Crippen LogP) is 4.09. The maximum absolute atomic E-state index is 9.83. The van der Waals surface area contributed by atoms with Crippen molar-refractivity contribution in [1.29, 1.82) is 0 Å². The highest BCUT2D eigenvalue weighted by Crippen LogP contribution is 2.36. The van der Waals surface area contributed by atoms with E-state index in [2.05, 4.69) is 39.1 Å². The van der Waals surface area contributed by atoms with E-state index in [9.17, 15) is 10.2 Å². The van der Waals surface area contributed by atoms with Gasteiger partial charge in [0, 0.05) is 12.1 Å². The Bertz CT molecular complexity index is 786. The zero-order valence-corrected chi connectivity index (χ0v) is 15.7. The Morgan fingerprint density at radius 3 is 2.42 bits per heavy atom. The van der Waals surface area contributed by atoms with Crippen LogP contribution >= 0.6 is 0 Å². The molecule has 0 saturated carbocycles. The third kappa shape index (κ3) is 3.73. The molecule has 5 nitrogen and oxygen atoms in total. The summed E-state index contributed by atoms with van der Waals surface area (Å²) in [5, 5.41) is 23.0.